The Hall–Kier alpha value is -4.58. The summed E-state index contributed by atoms with van der Waals surface area (Å²) in [5.74, 6) is 38.8. The summed E-state index contributed by atoms with van der Waals surface area (Å²) in [5, 5.41) is 4.86. The summed E-state index contributed by atoms with van der Waals surface area (Å²) in [6.07, 6.45) is 0.544. The van der Waals surface area contributed by atoms with Gasteiger partial charge < -0.3 is 10.6 Å². The zero-order chi connectivity index (χ0) is 18.4. The molecule has 0 aliphatic heterocycles. The molecule has 0 saturated carbocycles. The largest absolute Gasteiger partial charge is 0.357 e. The maximum atomic E-state index is 11.2. The third-order valence-corrected chi connectivity index (χ3v) is 1.75. The fraction of sp³-hybridized carbons (Fsp3) is 0.143. The van der Waals surface area contributed by atoms with Gasteiger partial charge in [0.05, 0.1) is 0 Å². The third-order valence-electron chi connectivity index (χ3n) is 1.75. The summed E-state index contributed by atoms with van der Waals surface area (Å²) >= 11 is 0. The van der Waals surface area contributed by atoms with Gasteiger partial charge >= 0.3 is 0 Å². The summed E-state index contributed by atoms with van der Waals surface area (Å²) in [7, 11) is 0. The van der Waals surface area contributed by atoms with Crippen LogP contribution < -0.4 is 10.6 Å². The molecule has 0 unspecified atom stereocenters. The Bertz CT molecular complexity index is 989. The van der Waals surface area contributed by atoms with E-state index in [-0.39, 0.29) is 0 Å². The highest BCUT2D eigenvalue weighted by Gasteiger charge is 1.91. The summed E-state index contributed by atoms with van der Waals surface area (Å²) < 4.78 is 0. The van der Waals surface area contributed by atoms with Gasteiger partial charge in [0.25, 0.3) is 5.91 Å². The standard InChI is InChI=1S/C21H10N2O2/c1-2-3-4-5-6-7-8-9-10-11-12-13-14-15-16-17-21(25)23-19-18-22-20-24/h20H,18-19H2,1H3,(H,22,24)(H,23,25). The Balaban J connectivity index is 4.24. The van der Waals surface area contributed by atoms with Gasteiger partial charge in [-0.05, 0) is 89.8 Å². The predicted molar refractivity (Wildman–Crippen MR) is 95.0 cm³/mol. The SMILES string of the molecule is CC#CC#CC#CC#CC#CC#CC#CC#CC(=O)NCCNC=O. The van der Waals surface area contributed by atoms with E-state index in [1.54, 1.807) is 6.92 Å². The molecule has 0 aromatic rings. The molecular weight excluding hydrogens is 312 g/mol. The molecular formula is C21H10N2O2. The monoisotopic (exact) mass is 322 g/mol. The number of carbonyl (C=O) groups is 2. The number of nitrogens with one attached hydrogen (secondary N) is 2. The maximum Gasteiger partial charge on any atom is 0.296 e. The van der Waals surface area contributed by atoms with Gasteiger partial charge in [-0.2, -0.15) is 0 Å². The van der Waals surface area contributed by atoms with Crippen molar-refractivity contribution in [1.29, 1.82) is 0 Å². The van der Waals surface area contributed by atoms with E-state index in [4.69, 9.17) is 0 Å². The van der Waals surface area contributed by atoms with Crippen LogP contribution in [0, 0.1) is 94.7 Å². The molecule has 0 saturated heterocycles. The molecule has 0 aliphatic rings. The minimum absolute atomic E-state index is 0.292. The molecule has 4 heteroatoms. The van der Waals surface area contributed by atoms with Gasteiger partial charge in [-0.1, -0.05) is 5.92 Å². The molecule has 0 aromatic carbocycles. The molecule has 25 heavy (non-hydrogen) atoms. The average Bonchev–Trinajstić information content (AvgIpc) is 2.62. The second-order valence-electron chi connectivity index (χ2n) is 3.45. The molecule has 4 nitrogen and oxygen atoms in total. The van der Waals surface area contributed by atoms with E-state index < -0.39 is 5.91 Å². The lowest BCUT2D eigenvalue weighted by Gasteiger charge is -1.97. The van der Waals surface area contributed by atoms with Crippen molar-refractivity contribution in [3.8, 4) is 94.7 Å². The van der Waals surface area contributed by atoms with Crippen molar-refractivity contribution in [1.82, 2.24) is 10.6 Å². The highest BCUT2D eigenvalue weighted by atomic mass is 16.1. The van der Waals surface area contributed by atoms with Gasteiger partial charge in [0.2, 0.25) is 6.41 Å². The molecule has 0 bridgehead atoms. The number of hydrogen-bond donors (Lipinski definition) is 2. The first kappa shape index (κ1) is 20.4. The van der Waals surface area contributed by atoms with Crippen LogP contribution >= 0.6 is 0 Å². The highest BCUT2D eigenvalue weighted by Crippen LogP contribution is 1.63. The highest BCUT2D eigenvalue weighted by molar-refractivity contribution is 5.94. The van der Waals surface area contributed by atoms with Gasteiger partial charge in [0.15, 0.2) is 0 Å². The zero-order valence-corrected chi connectivity index (χ0v) is 13.3. The van der Waals surface area contributed by atoms with Crippen molar-refractivity contribution < 1.29 is 9.59 Å². The molecule has 0 atom stereocenters. The summed E-state index contributed by atoms with van der Waals surface area (Å²) in [6, 6.07) is 0. The first-order valence-corrected chi connectivity index (χ1v) is 6.69. The topological polar surface area (TPSA) is 58.2 Å². The van der Waals surface area contributed by atoms with E-state index in [9.17, 15) is 9.59 Å². The summed E-state index contributed by atoms with van der Waals surface area (Å²) in [4.78, 5) is 21.1. The van der Waals surface area contributed by atoms with Crippen molar-refractivity contribution in [2.24, 2.45) is 0 Å². The molecule has 116 valence electrons. The Morgan fingerprint density at radius 1 is 0.720 bits per heavy atom. The van der Waals surface area contributed by atoms with Crippen molar-refractivity contribution in [3.05, 3.63) is 0 Å². The Labute approximate surface area is 147 Å². The number of amides is 2. The second kappa shape index (κ2) is 17.5. The van der Waals surface area contributed by atoms with Crippen LogP contribution in [0.15, 0.2) is 0 Å². The maximum absolute atomic E-state index is 11.2. The molecule has 0 aromatic heterocycles. The Morgan fingerprint density at radius 2 is 1.16 bits per heavy atom. The van der Waals surface area contributed by atoms with E-state index in [2.05, 4.69) is 105 Å². The predicted octanol–water partition coefficient (Wildman–Crippen LogP) is -1.10. The van der Waals surface area contributed by atoms with E-state index in [1.807, 2.05) is 0 Å². The van der Waals surface area contributed by atoms with Gasteiger partial charge in [-0.3, -0.25) is 9.59 Å². The fourth-order valence-corrected chi connectivity index (χ4v) is 0.877. The molecule has 2 amide bonds. The molecule has 0 spiro atoms. The van der Waals surface area contributed by atoms with Crippen LogP contribution in [0.5, 0.6) is 0 Å². The normalized spacial score (nSPS) is 5.48. The van der Waals surface area contributed by atoms with Crippen molar-refractivity contribution in [2.45, 2.75) is 6.92 Å². The van der Waals surface area contributed by atoms with Crippen LogP contribution in [-0.2, 0) is 9.59 Å². The molecule has 0 radical (unpaired) electrons. The molecule has 0 heterocycles. The summed E-state index contributed by atoms with van der Waals surface area (Å²) in [5.41, 5.74) is 0. The van der Waals surface area contributed by atoms with Crippen molar-refractivity contribution in [3.63, 3.8) is 0 Å². The van der Waals surface area contributed by atoms with Gasteiger partial charge in [0.1, 0.15) is 0 Å². The number of hydrogen-bond acceptors (Lipinski definition) is 2. The minimum atomic E-state index is -0.488. The lowest BCUT2D eigenvalue weighted by molar-refractivity contribution is -0.116. The molecule has 0 fully saturated rings. The smallest absolute Gasteiger partial charge is 0.296 e. The lowest BCUT2D eigenvalue weighted by atomic mass is 10.4. The molecule has 0 aliphatic carbocycles. The Kier molecular flexibility index (Phi) is 14.3. The van der Waals surface area contributed by atoms with E-state index in [0.717, 1.165) is 0 Å². The van der Waals surface area contributed by atoms with Crippen LogP contribution in [0.1, 0.15) is 6.92 Å². The van der Waals surface area contributed by atoms with Gasteiger partial charge in [-0.15, -0.1) is 0 Å². The average molecular weight is 322 g/mol. The lowest BCUT2D eigenvalue weighted by Crippen LogP contribution is -2.30. The Morgan fingerprint density at radius 3 is 1.60 bits per heavy atom. The second-order valence-corrected chi connectivity index (χ2v) is 3.45. The van der Waals surface area contributed by atoms with Crippen LogP contribution in [0.4, 0.5) is 0 Å². The number of carbonyl (C=O) groups excluding carboxylic acids is 2. The van der Waals surface area contributed by atoms with Crippen LogP contribution in [0.3, 0.4) is 0 Å². The minimum Gasteiger partial charge on any atom is -0.357 e. The van der Waals surface area contributed by atoms with Crippen LogP contribution in [0.2, 0.25) is 0 Å². The van der Waals surface area contributed by atoms with Crippen LogP contribution in [0.25, 0.3) is 0 Å². The molecule has 2 N–H and O–H groups in total. The first-order valence-electron chi connectivity index (χ1n) is 6.69. The quantitative estimate of drug-likeness (QED) is 0.392. The summed E-state index contributed by atoms with van der Waals surface area (Å²) in [6.45, 7) is 2.31. The fourth-order valence-electron chi connectivity index (χ4n) is 0.877. The van der Waals surface area contributed by atoms with Gasteiger partial charge in [0, 0.05) is 19.0 Å². The number of rotatable bonds is 4. The van der Waals surface area contributed by atoms with Crippen molar-refractivity contribution >= 4 is 12.3 Å². The van der Waals surface area contributed by atoms with Gasteiger partial charge in [-0.25, -0.2) is 0 Å². The van der Waals surface area contributed by atoms with Crippen molar-refractivity contribution in [2.75, 3.05) is 13.1 Å². The molecule has 0 rings (SSSR count). The first-order chi connectivity index (χ1) is 12.3. The van der Waals surface area contributed by atoms with E-state index in [0.29, 0.717) is 19.5 Å². The third kappa shape index (κ3) is 17.4. The van der Waals surface area contributed by atoms with Crippen LogP contribution in [-0.4, -0.2) is 25.4 Å². The zero-order valence-electron chi connectivity index (χ0n) is 13.3. The van der Waals surface area contributed by atoms with E-state index in [1.165, 1.54) is 0 Å². The van der Waals surface area contributed by atoms with E-state index >= 15 is 0 Å².